The van der Waals surface area contributed by atoms with Crippen LogP contribution in [0.2, 0.25) is 0 Å². The summed E-state index contributed by atoms with van der Waals surface area (Å²) in [4.78, 5) is 13.5. The molecule has 0 aromatic heterocycles. The first-order chi connectivity index (χ1) is 17.8. The first-order valence-corrected chi connectivity index (χ1v) is 14.1. The second-order valence-electron chi connectivity index (χ2n) is 9.75. The predicted molar refractivity (Wildman–Crippen MR) is 143 cm³/mol. The molecule has 0 saturated heterocycles. The summed E-state index contributed by atoms with van der Waals surface area (Å²) in [7, 11) is -2.43. The Bertz CT molecular complexity index is 1420. The average Bonchev–Trinajstić information content (AvgIpc) is 2.91. The van der Waals surface area contributed by atoms with Crippen LogP contribution < -0.4 is 19.1 Å². The van der Waals surface area contributed by atoms with Crippen LogP contribution in [-0.4, -0.2) is 34.1 Å². The van der Waals surface area contributed by atoms with E-state index in [1.165, 1.54) is 47.5 Å². The SMILES string of the molecule is COc1ccc(S(=O)(=O)N2C[C@@H](C(=O)N[C@H](C)c3ccc4c(c3)CCCC4)Oc3cc(C)ccc32)cc1. The summed E-state index contributed by atoms with van der Waals surface area (Å²) in [6.45, 7) is 3.70. The van der Waals surface area contributed by atoms with Crippen LogP contribution in [0.5, 0.6) is 11.5 Å². The Morgan fingerprint density at radius 2 is 1.76 bits per heavy atom. The quantitative estimate of drug-likeness (QED) is 0.509. The topological polar surface area (TPSA) is 84.9 Å². The lowest BCUT2D eigenvalue weighted by molar-refractivity contribution is -0.128. The van der Waals surface area contributed by atoms with E-state index in [-0.39, 0.29) is 23.4 Å². The maximum absolute atomic E-state index is 13.7. The van der Waals surface area contributed by atoms with Crippen molar-refractivity contribution >= 4 is 21.6 Å². The molecule has 1 amide bonds. The number of carbonyl (C=O) groups is 1. The van der Waals surface area contributed by atoms with E-state index in [4.69, 9.17) is 9.47 Å². The number of hydrogen-bond donors (Lipinski definition) is 1. The number of carbonyl (C=O) groups excluding carboxylic acids is 1. The number of nitrogens with zero attached hydrogens (tertiary/aromatic N) is 1. The van der Waals surface area contributed by atoms with Gasteiger partial charge in [-0.2, -0.15) is 0 Å². The van der Waals surface area contributed by atoms with Crippen molar-refractivity contribution in [3.8, 4) is 11.5 Å². The zero-order valence-electron chi connectivity index (χ0n) is 21.4. The van der Waals surface area contributed by atoms with E-state index in [0.29, 0.717) is 17.2 Å². The van der Waals surface area contributed by atoms with Gasteiger partial charge in [0.2, 0.25) is 0 Å². The predicted octanol–water partition coefficient (Wildman–Crippen LogP) is 4.72. The van der Waals surface area contributed by atoms with Gasteiger partial charge in [0.1, 0.15) is 11.5 Å². The van der Waals surface area contributed by atoms with Crippen LogP contribution >= 0.6 is 0 Å². The third-order valence-electron chi connectivity index (χ3n) is 7.16. The molecule has 194 valence electrons. The summed E-state index contributed by atoms with van der Waals surface area (Å²) in [5.41, 5.74) is 5.08. The van der Waals surface area contributed by atoms with E-state index in [0.717, 1.165) is 24.0 Å². The Morgan fingerprint density at radius 3 is 2.49 bits per heavy atom. The van der Waals surface area contributed by atoms with Crippen molar-refractivity contribution in [3.63, 3.8) is 0 Å². The van der Waals surface area contributed by atoms with Crippen molar-refractivity contribution in [2.45, 2.75) is 56.6 Å². The van der Waals surface area contributed by atoms with Gasteiger partial charge in [0.15, 0.2) is 6.10 Å². The Balaban J connectivity index is 1.40. The second kappa shape index (κ2) is 10.1. The summed E-state index contributed by atoms with van der Waals surface area (Å²) in [5.74, 6) is 0.572. The molecule has 0 radical (unpaired) electrons. The largest absolute Gasteiger partial charge is 0.497 e. The van der Waals surface area contributed by atoms with Gasteiger partial charge in [-0.3, -0.25) is 9.10 Å². The first kappa shape index (κ1) is 25.1. The summed E-state index contributed by atoms with van der Waals surface area (Å²) in [6, 6.07) is 17.7. The normalized spacial score (nSPS) is 17.7. The molecule has 0 fully saturated rings. The maximum atomic E-state index is 13.7. The zero-order valence-corrected chi connectivity index (χ0v) is 22.2. The average molecular weight is 521 g/mol. The van der Waals surface area contributed by atoms with Crippen LogP contribution in [-0.2, 0) is 27.7 Å². The van der Waals surface area contributed by atoms with Crippen LogP contribution in [0.3, 0.4) is 0 Å². The van der Waals surface area contributed by atoms with E-state index in [1.807, 2.05) is 19.9 Å². The second-order valence-corrected chi connectivity index (χ2v) is 11.6. The van der Waals surface area contributed by atoms with Crippen LogP contribution in [0.25, 0.3) is 0 Å². The number of nitrogens with one attached hydrogen (secondary N) is 1. The monoisotopic (exact) mass is 520 g/mol. The Hall–Kier alpha value is -3.52. The molecule has 7 nitrogen and oxygen atoms in total. The zero-order chi connectivity index (χ0) is 26.2. The number of sulfonamides is 1. The van der Waals surface area contributed by atoms with Gasteiger partial charge in [-0.25, -0.2) is 8.42 Å². The molecular formula is C29H32N2O5S. The van der Waals surface area contributed by atoms with E-state index in [9.17, 15) is 13.2 Å². The van der Waals surface area contributed by atoms with Crippen molar-refractivity contribution in [1.29, 1.82) is 0 Å². The highest BCUT2D eigenvalue weighted by molar-refractivity contribution is 7.92. The van der Waals surface area contributed by atoms with Crippen LogP contribution in [0.15, 0.2) is 65.6 Å². The Labute approximate surface area is 218 Å². The Kier molecular flexibility index (Phi) is 6.86. The van der Waals surface area contributed by atoms with Gasteiger partial charge in [-0.1, -0.05) is 24.3 Å². The molecule has 1 heterocycles. The summed E-state index contributed by atoms with van der Waals surface area (Å²) >= 11 is 0. The van der Waals surface area contributed by atoms with Crippen molar-refractivity contribution in [1.82, 2.24) is 5.32 Å². The number of amides is 1. The van der Waals surface area contributed by atoms with Crippen LogP contribution in [0.4, 0.5) is 5.69 Å². The van der Waals surface area contributed by atoms with E-state index >= 15 is 0 Å². The number of hydrogen-bond acceptors (Lipinski definition) is 5. The number of aryl methyl sites for hydroxylation is 3. The molecule has 1 aliphatic heterocycles. The molecule has 3 aromatic carbocycles. The highest BCUT2D eigenvalue weighted by Gasteiger charge is 2.38. The molecule has 0 spiro atoms. The lowest BCUT2D eigenvalue weighted by atomic mass is 9.89. The van der Waals surface area contributed by atoms with Crippen molar-refractivity contribution in [2.24, 2.45) is 0 Å². The minimum absolute atomic E-state index is 0.114. The third-order valence-corrected chi connectivity index (χ3v) is 8.95. The third kappa shape index (κ3) is 5.03. The molecule has 0 saturated carbocycles. The van der Waals surface area contributed by atoms with Crippen molar-refractivity contribution in [2.75, 3.05) is 18.0 Å². The van der Waals surface area contributed by atoms with Gasteiger partial charge in [-0.15, -0.1) is 0 Å². The van der Waals surface area contributed by atoms with E-state index < -0.39 is 16.1 Å². The standard InChI is InChI=1S/C29H32N2O5S/c1-19-8-15-26-27(16-19)36-28(18-31(26)37(33,34)25-13-11-24(35-3)12-14-25)29(32)30-20(2)22-10-9-21-6-4-5-7-23(21)17-22/h8-17,20,28H,4-7,18H2,1-3H3,(H,30,32)/t20-,28+/m1/s1. The first-order valence-electron chi connectivity index (χ1n) is 12.6. The van der Waals surface area contributed by atoms with Crippen molar-refractivity contribution < 1.29 is 22.7 Å². The van der Waals surface area contributed by atoms with Gasteiger partial charge in [0, 0.05) is 0 Å². The van der Waals surface area contributed by atoms with Gasteiger partial charge >= 0.3 is 0 Å². The minimum atomic E-state index is -3.95. The number of fused-ring (bicyclic) bond motifs is 2. The van der Waals surface area contributed by atoms with Gasteiger partial charge in [-0.05, 0) is 98.2 Å². The maximum Gasteiger partial charge on any atom is 0.264 e. The lowest BCUT2D eigenvalue weighted by Crippen LogP contribution is -2.51. The molecule has 2 atom stereocenters. The fourth-order valence-corrected chi connectivity index (χ4v) is 6.49. The van der Waals surface area contributed by atoms with Crippen LogP contribution in [0.1, 0.15) is 48.1 Å². The smallest absolute Gasteiger partial charge is 0.264 e. The minimum Gasteiger partial charge on any atom is -0.497 e. The van der Waals surface area contributed by atoms with E-state index in [2.05, 4.69) is 23.5 Å². The highest BCUT2D eigenvalue weighted by Crippen LogP contribution is 2.38. The Morgan fingerprint density at radius 1 is 1.03 bits per heavy atom. The summed E-state index contributed by atoms with van der Waals surface area (Å²) in [6.07, 6.45) is 3.56. The molecular weight excluding hydrogens is 488 g/mol. The fourth-order valence-electron chi connectivity index (χ4n) is 5.01. The fraction of sp³-hybridized carbons (Fsp3) is 0.345. The lowest BCUT2D eigenvalue weighted by Gasteiger charge is -2.35. The molecule has 1 aliphatic carbocycles. The molecule has 2 aliphatic rings. The number of rotatable bonds is 6. The molecule has 37 heavy (non-hydrogen) atoms. The van der Waals surface area contributed by atoms with Gasteiger partial charge < -0.3 is 14.8 Å². The number of benzene rings is 3. The van der Waals surface area contributed by atoms with Gasteiger partial charge in [0.05, 0.1) is 30.3 Å². The molecule has 5 rings (SSSR count). The number of methoxy groups -OCH3 is 1. The summed E-state index contributed by atoms with van der Waals surface area (Å²) in [5, 5.41) is 3.04. The van der Waals surface area contributed by atoms with E-state index in [1.54, 1.807) is 24.3 Å². The molecule has 1 N–H and O–H groups in total. The van der Waals surface area contributed by atoms with Gasteiger partial charge in [0.25, 0.3) is 15.9 Å². The number of anilines is 1. The molecule has 0 unspecified atom stereocenters. The molecule has 8 heteroatoms. The van der Waals surface area contributed by atoms with Crippen LogP contribution in [0, 0.1) is 6.92 Å². The highest BCUT2D eigenvalue weighted by atomic mass is 32.2. The molecule has 0 bridgehead atoms. The molecule has 3 aromatic rings. The number of ether oxygens (including phenoxy) is 2. The van der Waals surface area contributed by atoms with Crippen molar-refractivity contribution in [3.05, 3.63) is 82.9 Å². The summed E-state index contributed by atoms with van der Waals surface area (Å²) < 4.78 is 39.9.